The molecule has 0 rings (SSSR count). The number of phosphoric acid groups is 2. The summed E-state index contributed by atoms with van der Waals surface area (Å²) in [4.78, 5) is 73.0. The summed E-state index contributed by atoms with van der Waals surface area (Å²) in [6.45, 7) is 9.57. The van der Waals surface area contributed by atoms with Gasteiger partial charge >= 0.3 is 39.5 Å². The Morgan fingerprint density at radius 1 is 0.310 bits per heavy atom. The first-order valence-electron chi connectivity index (χ1n) is 41.3. The Morgan fingerprint density at radius 3 is 0.820 bits per heavy atom. The second-order valence-electron chi connectivity index (χ2n) is 29.4. The lowest BCUT2D eigenvalue weighted by Crippen LogP contribution is -2.30. The van der Waals surface area contributed by atoms with Crippen molar-refractivity contribution in [2.24, 2.45) is 11.8 Å². The van der Waals surface area contributed by atoms with Crippen molar-refractivity contribution in [2.75, 3.05) is 39.6 Å². The van der Waals surface area contributed by atoms with E-state index in [2.05, 4.69) is 65.8 Å². The van der Waals surface area contributed by atoms with E-state index >= 15 is 0 Å². The van der Waals surface area contributed by atoms with E-state index in [9.17, 15) is 43.2 Å². The fourth-order valence-corrected chi connectivity index (χ4v) is 13.6. The number of aliphatic hydroxyl groups excluding tert-OH is 1. The maximum absolute atomic E-state index is 13.1. The molecule has 2 unspecified atom stereocenters. The molecule has 590 valence electrons. The van der Waals surface area contributed by atoms with Gasteiger partial charge in [-0.05, 0) is 63.2 Å². The minimum atomic E-state index is -4.97. The molecule has 3 N–H and O–H groups in total. The van der Waals surface area contributed by atoms with Gasteiger partial charge in [0.05, 0.1) is 26.4 Å². The molecule has 0 aliphatic carbocycles. The van der Waals surface area contributed by atoms with Crippen molar-refractivity contribution < 1.29 is 80.2 Å². The first-order valence-corrected chi connectivity index (χ1v) is 44.3. The molecular formula is C81H154O17P2. The monoisotopic (exact) mass is 1460 g/mol. The van der Waals surface area contributed by atoms with Crippen LogP contribution in [0.5, 0.6) is 0 Å². The fraction of sp³-hybridized carbons (Fsp3) is 0.901. The molecule has 5 atom stereocenters. The van der Waals surface area contributed by atoms with Gasteiger partial charge in [0, 0.05) is 25.7 Å². The van der Waals surface area contributed by atoms with Gasteiger partial charge in [-0.2, -0.15) is 0 Å². The number of rotatable bonds is 78. The van der Waals surface area contributed by atoms with Crippen LogP contribution in [0.2, 0.25) is 0 Å². The topological polar surface area (TPSA) is 237 Å². The Labute approximate surface area is 612 Å². The zero-order valence-electron chi connectivity index (χ0n) is 65.0. The minimum Gasteiger partial charge on any atom is -0.462 e. The summed E-state index contributed by atoms with van der Waals surface area (Å²) in [6.07, 6.45) is 64.6. The molecule has 19 heteroatoms. The Kier molecular flexibility index (Phi) is 70.3. The van der Waals surface area contributed by atoms with Crippen molar-refractivity contribution in [3.63, 3.8) is 0 Å². The number of carbonyl (C=O) groups is 4. The Hall–Kier alpha value is -2.46. The molecule has 0 saturated heterocycles. The quantitative estimate of drug-likeness (QED) is 0.0169. The second-order valence-corrected chi connectivity index (χ2v) is 32.3. The molecule has 0 heterocycles. The van der Waals surface area contributed by atoms with E-state index in [4.69, 9.17) is 37.0 Å². The highest BCUT2D eigenvalue weighted by Gasteiger charge is 2.30. The summed E-state index contributed by atoms with van der Waals surface area (Å²) < 4.78 is 68.6. The van der Waals surface area contributed by atoms with Crippen molar-refractivity contribution in [1.82, 2.24) is 0 Å². The number of phosphoric ester groups is 2. The van der Waals surface area contributed by atoms with Crippen molar-refractivity contribution >= 4 is 39.5 Å². The summed E-state index contributed by atoms with van der Waals surface area (Å²) in [5, 5.41) is 10.6. The standard InChI is InChI=1S/C81H154O17P2/c1-7-9-11-13-15-17-19-21-26-30-34-40-46-52-58-64-79(84)92-69-76(97-80(85)65-59-53-47-41-35-31-28-25-23-22-24-27-29-32-37-43-49-55-61-73(3)4)71-95-99(87,88)93-67-75(82)68-94-100(89,90)96-72-77(98-81(86)66-60-54-48-42-36-38-44-50-56-62-74(5)6)70-91-78(83)63-57-51-45-39-33-20-18-16-14-12-10-8-2/h17,19,21,26,73-77,82H,7-16,18,20,22-25,27-72H2,1-6H3,(H,87,88)(H,89,90)/b19-17-,26-21-/t75-,76-,77-/m1/s1. The van der Waals surface area contributed by atoms with E-state index in [1.807, 2.05) is 0 Å². The van der Waals surface area contributed by atoms with Crippen LogP contribution in [0.1, 0.15) is 401 Å². The van der Waals surface area contributed by atoms with E-state index in [-0.39, 0.29) is 25.7 Å². The minimum absolute atomic E-state index is 0.101. The van der Waals surface area contributed by atoms with Crippen molar-refractivity contribution in [3.8, 4) is 0 Å². The largest absolute Gasteiger partial charge is 0.472 e. The zero-order valence-corrected chi connectivity index (χ0v) is 66.8. The zero-order chi connectivity index (χ0) is 73.5. The lowest BCUT2D eigenvalue weighted by molar-refractivity contribution is -0.161. The van der Waals surface area contributed by atoms with Gasteiger partial charge in [-0.3, -0.25) is 37.3 Å². The first kappa shape index (κ1) is 97.5. The van der Waals surface area contributed by atoms with Crippen molar-refractivity contribution in [2.45, 2.75) is 419 Å². The van der Waals surface area contributed by atoms with E-state index in [1.165, 1.54) is 199 Å². The molecule has 17 nitrogen and oxygen atoms in total. The van der Waals surface area contributed by atoms with Crippen LogP contribution in [0, 0.1) is 11.8 Å². The van der Waals surface area contributed by atoms with Gasteiger partial charge in [0.1, 0.15) is 19.3 Å². The number of esters is 4. The molecule has 0 aromatic rings. The van der Waals surface area contributed by atoms with Gasteiger partial charge in [0.25, 0.3) is 0 Å². The van der Waals surface area contributed by atoms with Crippen molar-refractivity contribution in [1.29, 1.82) is 0 Å². The third-order valence-electron chi connectivity index (χ3n) is 18.3. The molecule has 0 saturated carbocycles. The van der Waals surface area contributed by atoms with Crippen LogP contribution in [0.4, 0.5) is 0 Å². The third kappa shape index (κ3) is 73.8. The van der Waals surface area contributed by atoms with Gasteiger partial charge in [-0.25, -0.2) is 9.13 Å². The van der Waals surface area contributed by atoms with Crippen LogP contribution in [-0.2, 0) is 65.4 Å². The number of unbranched alkanes of at least 4 members (excludes halogenated alkanes) is 45. The SMILES string of the molecule is CCCCCC/C=C\C=C/CCCCCCCC(=O)OC[C@H](COP(=O)(O)OC[C@@H](O)COP(=O)(O)OC[C@@H](COC(=O)CCCCCCCCCCCCCC)OC(=O)CCCCCCCCCCCC(C)C)OC(=O)CCCCCCCCCCCCCCCCCCCCC(C)C. The van der Waals surface area contributed by atoms with Gasteiger partial charge in [-0.15, -0.1) is 0 Å². The van der Waals surface area contributed by atoms with Gasteiger partial charge < -0.3 is 33.8 Å². The number of ether oxygens (including phenoxy) is 4. The molecule has 0 aromatic heterocycles. The number of hydrogen-bond donors (Lipinski definition) is 3. The molecule has 0 radical (unpaired) electrons. The Morgan fingerprint density at radius 2 is 0.540 bits per heavy atom. The third-order valence-corrected chi connectivity index (χ3v) is 20.2. The summed E-state index contributed by atoms with van der Waals surface area (Å²) >= 11 is 0. The molecule has 0 fully saturated rings. The molecule has 100 heavy (non-hydrogen) atoms. The lowest BCUT2D eigenvalue weighted by Gasteiger charge is -2.21. The summed E-state index contributed by atoms with van der Waals surface area (Å²) in [5.41, 5.74) is 0. The Bertz CT molecular complexity index is 2020. The molecule has 0 amide bonds. The number of allylic oxidation sites excluding steroid dienone is 4. The molecule has 0 aliphatic rings. The van der Waals surface area contributed by atoms with Gasteiger partial charge in [-0.1, -0.05) is 348 Å². The second kappa shape index (κ2) is 72.1. The molecule has 0 spiro atoms. The van der Waals surface area contributed by atoms with E-state index in [0.717, 1.165) is 121 Å². The lowest BCUT2D eigenvalue weighted by atomic mass is 10.0. The normalized spacial score (nSPS) is 14.1. The summed E-state index contributed by atoms with van der Waals surface area (Å²) in [6, 6.07) is 0. The van der Waals surface area contributed by atoms with Gasteiger partial charge in [0.15, 0.2) is 12.2 Å². The average Bonchev–Trinajstić information content (AvgIpc) is 0.944. The van der Waals surface area contributed by atoms with Crippen LogP contribution in [-0.4, -0.2) is 96.7 Å². The number of aliphatic hydroxyl groups is 1. The van der Waals surface area contributed by atoms with Crippen LogP contribution in [0.15, 0.2) is 24.3 Å². The maximum Gasteiger partial charge on any atom is 0.472 e. The van der Waals surface area contributed by atoms with Crippen LogP contribution in [0.3, 0.4) is 0 Å². The highest BCUT2D eigenvalue weighted by atomic mass is 31.2. The van der Waals surface area contributed by atoms with E-state index in [1.54, 1.807) is 0 Å². The Balaban J connectivity index is 5.26. The number of hydrogen-bond acceptors (Lipinski definition) is 15. The summed E-state index contributed by atoms with van der Waals surface area (Å²) in [7, 11) is -9.93. The highest BCUT2D eigenvalue weighted by molar-refractivity contribution is 7.47. The molecular weight excluding hydrogens is 1310 g/mol. The fourth-order valence-electron chi connectivity index (χ4n) is 12.0. The predicted octanol–water partition coefficient (Wildman–Crippen LogP) is 23.8. The first-order chi connectivity index (χ1) is 48.4. The smallest absolute Gasteiger partial charge is 0.462 e. The average molecular weight is 1460 g/mol. The van der Waals surface area contributed by atoms with Gasteiger partial charge in [0.2, 0.25) is 0 Å². The predicted molar refractivity (Wildman–Crippen MR) is 409 cm³/mol. The van der Waals surface area contributed by atoms with E-state index < -0.39 is 97.5 Å². The highest BCUT2D eigenvalue weighted by Crippen LogP contribution is 2.45. The molecule has 0 aliphatic heterocycles. The number of carbonyl (C=O) groups excluding carboxylic acids is 4. The van der Waals surface area contributed by atoms with Crippen molar-refractivity contribution in [3.05, 3.63) is 24.3 Å². The maximum atomic E-state index is 13.1. The molecule has 0 bridgehead atoms. The van der Waals surface area contributed by atoms with Crippen LogP contribution >= 0.6 is 15.6 Å². The van der Waals surface area contributed by atoms with Crippen LogP contribution in [0.25, 0.3) is 0 Å². The van der Waals surface area contributed by atoms with Crippen LogP contribution < -0.4 is 0 Å². The van der Waals surface area contributed by atoms with E-state index in [0.29, 0.717) is 25.7 Å². The molecule has 0 aromatic carbocycles. The summed E-state index contributed by atoms with van der Waals surface area (Å²) in [5.74, 6) is -0.586.